The van der Waals surface area contributed by atoms with E-state index >= 15 is 0 Å². The van der Waals surface area contributed by atoms with Crippen LogP contribution >= 0.6 is 0 Å². The highest BCUT2D eigenvalue weighted by molar-refractivity contribution is 5.96. The van der Waals surface area contributed by atoms with E-state index in [0.717, 1.165) is 18.2 Å². The fourth-order valence-corrected chi connectivity index (χ4v) is 5.02. The number of phenolic OH excluding ortho intramolecular Hbond substituents is 3. The molecule has 224 valence electrons. The topological polar surface area (TPSA) is 280 Å². The Bertz CT molecular complexity index is 1500. The van der Waals surface area contributed by atoms with Crippen molar-refractivity contribution >= 4 is 21.9 Å². The maximum atomic E-state index is 13.4. The van der Waals surface area contributed by atoms with Gasteiger partial charge in [-0.2, -0.15) is 0 Å². The molecule has 41 heavy (non-hydrogen) atoms. The van der Waals surface area contributed by atoms with Gasteiger partial charge in [-0.3, -0.25) is 4.79 Å². The molecule has 10 unspecified atom stereocenters. The summed E-state index contributed by atoms with van der Waals surface area (Å²) in [6.45, 7) is -1.51. The number of rotatable bonds is 5. The molecule has 0 amide bonds. The minimum Gasteiger partial charge on any atom is -0.507 e. The summed E-state index contributed by atoms with van der Waals surface area (Å²) in [6.07, 6.45) is -16.7. The summed E-state index contributed by atoms with van der Waals surface area (Å²) in [5.74, 6) is -2.72. The van der Waals surface area contributed by atoms with Crippen molar-refractivity contribution in [2.45, 2.75) is 61.2 Å². The Morgan fingerprint density at radius 1 is 0.707 bits per heavy atom. The van der Waals surface area contributed by atoms with E-state index < -0.39 is 114 Å². The molecular formula is C25H28O16. The Hall–Kier alpha value is -3.29. The molecule has 16 heteroatoms. The van der Waals surface area contributed by atoms with Gasteiger partial charge >= 0.3 is 0 Å². The maximum absolute atomic E-state index is 13.4. The van der Waals surface area contributed by atoms with Crippen LogP contribution in [-0.2, 0) is 9.47 Å². The molecule has 0 saturated carbocycles. The summed E-state index contributed by atoms with van der Waals surface area (Å²) in [5.41, 5.74) is -2.05. The molecule has 2 aliphatic heterocycles. The van der Waals surface area contributed by atoms with Gasteiger partial charge in [0, 0.05) is 12.1 Å². The molecular weight excluding hydrogens is 556 g/mol. The van der Waals surface area contributed by atoms with Crippen LogP contribution in [0.25, 0.3) is 21.9 Å². The monoisotopic (exact) mass is 584 g/mol. The molecule has 11 N–H and O–H groups in total. The van der Waals surface area contributed by atoms with Crippen LogP contribution in [0.15, 0.2) is 27.4 Å². The quantitative estimate of drug-likeness (QED) is 0.131. The number of aliphatic hydroxyl groups is 8. The van der Waals surface area contributed by atoms with Gasteiger partial charge in [-0.15, -0.1) is 0 Å². The van der Waals surface area contributed by atoms with E-state index in [4.69, 9.17) is 18.6 Å². The van der Waals surface area contributed by atoms with Crippen molar-refractivity contribution in [3.8, 4) is 23.0 Å². The smallest absolute Gasteiger partial charge is 0.229 e. The SMILES string of the molecule is O=c1c2cc(O)c(OC3OC(CO)C(O)C(O)C3O)cc2oc2cc(O)c(C3OC(CO)C(O)C(O)C3O)c(O)c12. The van der Waals surface area contributed by atoms with Crippen LogP contribution < -0.4 is 10.2 Å². The van der Waals surface area contributed by atoms with Crippen LogP contribution in [0.5, 0.6) is 23.0 Å². The Kier molecular flexibility index (Phi) is 7.72. The fraction of sp³-hybridized carbons (Fsp3) is 0.480. The molecule has 16 nitrogen and oxygen atoms in total. The summed E-state index contributed by atoms with van der Waals surface area (Å²) in [7, 11) is 0. The lowest BCUT2D eigenvalue weighted by molar-refractivity contribution is -0.277. The third-order valence-corrected chi connectivity index (χ3v) is 7.30. The Morgan fingerprint density at radius 3 is 1.95 bits per heavy atom. The van der Waals surface area contributed by atoms with E-state index in [1.54, 1.807) is 0 Å². The third-order valence-electron chi connectivity index (χ3n) is 7.30. The third kappa shape index (κ3) is 4.73. The number of phenols is 3. The van der Waals surface area contributed by atoms with Crippen LogP contribution in [0.1, 0.15) is 11.7 Å². The highest BCUT2D eigenvalue weighted by Crippen LogP contribution is 2.45. The molecule has 3 aromatic rings. The van der Waals surface area contributed by atoms with Crippen LogP contribution in [-0.4, -0.2) is 125 Å². The van der Waals surface area contributed by atoms with Crippen molar-refractivity contribution in [3.05, 3.63) is 34.0 Å². The van der Waals surface area contributed by atoms with Gasteiger partial charge in [0.05, 0.1) is 24.2 Å². The molecule has 0 radical (unpaired) electrons. The molecule has 0 aliphatic carbocycles. The van der Waals surface area contributed by atoms with Gasteiger partial charge < -0.3 is 74.8 Å². The minimum absolute atomic E-state index is 0.237. The molecule has 10 atom stereocenters. The first-order valence-corrected chi connectivity index (χ1v) is 12.4. The van der Waals surface area contributed by atoms with Gasteiger partial charge in [-0.1, -0.05) is 0 Å². The fourth-order valence-electron chi connectivity index (χ4n) is 5.02. The van der Waals surface area contributed by atoms with Gasteiger partial charge in [-0.05, 0) is 6.07 Å². The van der Waals surface area contributed by atoms with E-state index in [2.05, 4.69) is 0 Å². The van der Waals surface area contributed by atoms with E-state index in [1.807, 2.05) is 0 Å². The average Bonchev–Trinajstić information content (AvgIpc) is 2.93. The highest BCUT2D eigenvalue weighted by atomic mass is 16.7. The predicted octanol–water partition coefficient (Wildman–Crippen LogP) is -3.24. The molecule has 5 rings (SSSR count). The van der Waals surface area contributed by atoms with Crippen LogP contribution in [0, 0.1) is 0 Å². The van der Waals surface area contributed by atoms with Crippen molar-refractivity contribution in [1.82, 2.24) is 0 Å². The second-order valence-electron chi connectivity index (χ2n) is 9.84. The zero-order chi connectivity index (χ0) is 29.9. The van der Waals surface area contributed by atoms with Crippen molar-refractivity contribution in [2.75, 3.05) is 13.2 Å². The van der Waals surface area contributed by atoms with Crippen molar-refractivity contribution in [2.24, 2.45) is 0 Å². The Morgan fingerprint density at radius 2 is 1.32 bits per heavy atom. The van der Waals surface area contributed by atoms with Gasteiger partial charge in [0.25, 0.3) is 0 Å². The van der Waals surface area contributed by atoms with Crippen molar-refractivity contribution in [1.29, 1.82) is 0 Å². The van der Waals surface area contributed by atoms with Crippen molar-refractivity contribution in [3.63, 3.8) is 0 Å². The Labute approximate surface area is 228 Å². The summed E-state index contributed by atoms with van der Waals surface area (Å²) < 4.78 is 21.7. The number of fused-ring (bicyclic) bond motifs is 2. The summed E-state index contributed by atoms with van der Waals surface area (Å²) in [6, 6.07) is 2.84. The van der Waals surface area contributed by atoms with Crippen LogP contribution in [0.2, 0.25) is 0 Å². The summed E-state index contributed by atoms with van der Waals surface area (Å²) in [5, 5.41) is 111. The van der Waals surface area contributed by atoms with Gasteiger partial charge in [0.15, 0.2) is 11.5 Å². The van der Waals surface area contributed by atoms with Gasteiger partial charge in [0.2, 0.25) is 11.7 Å². The summed E-state index contributed by atoms with van der Waals surface area (Å²) in [4.78, 5) is 13.4. The molecule has 2 aliphatic rings. The lowest BCUT2D eigenvalue weighted by atomic mass is 9.89. The standard InChI is InChI=1S/C25H28O16/c26-4-12-17(31)20(34)22(36)24(39-12)14-8(29)2-11-15(19(14)33)16(30)6-1-7(28)10(3-9(6)38-11)40-25-23(37)21(35)18(32)13(5-27)41-25/h1-3,12-13,17-18,20-29,31-37H,4-5H2. The van der Waals surface area contributed by atoms with E-state index in [0.29, 0.717) is 0 Å². The number of ether oxygens (including phenoxy) is 3. The molecule has 2 fully saturated rings. The summed E-state index contributed by atoms with van der Waals surface area (Å²) >= 11 is 0. The lowest BCUT2D eigenvalue weighted by Gasteiger charge is -2.40. The molecule has 2 saturated heterocycles. The molecule has 1 aromatic heterocycles. The number of aliphatic hydroxyl groups excluding tert-OH is 8. The number of hydrogen-bond acceptors (Lipinski definition) is 16. The minimum atomic E-state index is -1.89. The normalized spacial score (nSPS) is 34.2. The van der Waals surface area contributed by atoms with Gasteiger partial charge in [0.1, 0.15) is 83.0 Å². The second kappa shape index (κ2) is 10.8. The van der Waals surface area contributed by atoms with Crippen LogP contribution in [0.4, 0.5) is 0 Å². The maximum Gasteiger partial charge on any atom is 0.229 e. The van der Waals surface area contributed by atoms with E-state index in [-0.39, 0.29) is 16.6 Å². The second-order valence-corrected chi connectivity index (χ2v) is 9.84. The number of benzene rings is 2. The first-order valence-electron chi connectivity index (χ1n) is 12.4. The van der Waals surface area contributed by atoms with Crippen molar-refractivity contribution < 1.29 is 74.8 Å². The Balaban J connectivity index is 1.57. The molecule has 3 heterocycles. The predicted molar refractivity (Wildman–Crippen MR) is 132 cm³/mol. The van der Waals surface area contributed by atoms with E-state index in [1.165, 1.54) is 0 Å². The average molecular weight is 584 g/mol. The zero-order valence-corrected chi connectivity index (χ0v) is 20.9. The first-order chi connectivity index (χ1) is 19.4. The zero-order valence-electron chi connectivity index (χ0n) is 20.9. The van der Waals surface area contributed by atoms with Gasteiger partial charge in [-0.25, -0.2) is 0 Å². The van der Waals surface area contributed by atoms with E-state index in [9.17, 15) is 61.0 Å². The van der Waals surface area contributed by atoms with Crippen LogP contribution in [0.3, 0.4) is 0 Å². The number of hydrogen-bond donors (Lipinski definition) is 11. The molecule has 0 bridgehead atoms. The lowest BCUT2D eigenvalue weighted by Crippen LogP contribution is -2.60. The molecule has 2 aromatic carbocycles. The first kappa shape index (κ1) is 29.2. The highest BCUT2D eigenvalue weighted by Gasteiger charge is 2.47. The largest absolute Gasteiger partial charge is 0.507 e. The number of aromatic hydroxyl groups is 3. The molecule has 0 spiro atoms.